The molecule has 1 aromatic heterocycles. The number of benzene rings is 1. The average molecular weight is 392 g/mol. The van der Waals surface area contributed by atoms with Crippen LogP contribution in [0.1, 0.15) is 21.1 Å². The zero-order chi connectivity index (χ0) is 19.2. The molecule has 0 spiro atoms. The number of thiazole rings is 1. The van der Waals surface area contributed by atoms with Gasteiger partial charge in [-0.1, -0.05) is 6.07 Å². The van der Waals surface area contributed by atoms with E-state index in [1.807, 2.05) is 30.9 Å². The number of morpholine rings is 1. The van der Waals surface area contributed by atoms with E-state index in [0.29, 0.717) is 38.0 Å². The lowest BCUT2D eigenvalue weighted by atomic mass is 10.1. The molecule has 1 fully saturated rings. The van der Waals surface area contributed by atoms with Crippen LogP contribution in [0.3, 0.4) is 0 Å². The molecule has 1 aliphatic rings. The number of hydrogen-bond acceptors (Lipinski definition) is 5. The summed E-state index contributed by atoms with van der Waals surface area (Å²) in [4.78, 5) is 11.9. The standard InChI is InChI=1S/C19H26FN5OS/c1-13-18(27-14(2)24-13)12-23-19(21-3)22-11-15-4-5-17(16(20)10-15)25-6-8-26-9-7-25/h4-5,10H,6-9,11-12H2,1-3H3,(H2,21,22,23). The van der Waals surface area contributed by atoms with Crippen LogP contribution in [0, 0.1) is 19.7 Å². The van der Waals surface area contributed by atoms with Crippen molar-refractivity contribution in [1.29, 1.82) is 0 Å². The molecule has 1 saturated heterocycles. The fourth-order valence-electron chi connectivity index (χ4n) is 3.03. The van der Waals surface area contributed by atoms with Gasteiger partial charge in [0.25, 0.3) is 0 Å². The van der Waals surface area contributed by atoms with Gasteiger partial charge in [-0.25, -0.2) is 9.37 Å². The first-order chi connectivity index (χ1) is 13.1. The second-order valence-electron chi connectivity index (χ2n) is 6.41. The predicted molar refractivity (Wildman–Crippen MR) is 108 cm³/mol. The van der Waals surface area contributed by atoms with Gasteiger partial charge in [-0.15, -0.1) is 11.3 Å². The molecule has 0 amide bonds. The van der Waals surface area contributed by atoms with Gasteiger partial charge in [-0.2, -0.15) is 0 Å². The molecule has 2 N–H and O–H groups in total. The smallest absolute Gasteiger partial charge is 0.191 e. The molecule has 0 aliphatic carbocycles. The van der Waals surface area contributed by atoms with Crippen molar-refractivity contribution in [3.63, 3.8) is 0 Å². The third kappa shape index (κ3) is 5.17. The Morgan fingerprint density at radius 3 is 2.63 bits per heavy atom. The maximum atomic E-state index is 14.5. The van der Waals surface area contributed by atoms with Gasteiger partial charge in [0, 0.05) is 31.6 Å². The molecule has 2 aromatic rings. The van der Waals surface area contributed by atoms with Crippen LogP contribution >= 0.6 is 11.3 Å². The van der Waals surface area contributed by atoms with Gasteiger partial charge < -0.3 is 20.3 Å². The lowest BCUT2D eigenvalue weighted by molar-refractivity contribution is 0.122. The summed E-state index contributed by atoms with van der Waals surface area (Å²) < 4.78 is 19.8. The highest BCUT2D eigenvalue weighted by molar-refractivity contribution is 7.11. The number of guanidine groups is 1. The molecule has 0 saturated carbocycles. The van der Waals surface area contributed by atoms with Crippen molar-refractivity contribution < 1.29 is 9.13 Å². The zero-order valence-electron chi connectivity index (χ0n) is 16.0. The summed E-state index contributed by atoms with van der Waals surface area (Å²) in [5.41, 5.74) is 2.55. The molecule has 1 aromatic carbocycles. The number of halogens is 1. The quantitative estimate of drug-likeness (QED) is 0.606. The highest BCUT2D eigenvalue weighted by Gasteiger charge is 2.15. The van der Waals surface area contributed by atoms with Crippen LogP contribution in [0.15, 0.2) is 23.2 Å². The number of ether oxygens (including phenoxy) is 1. The van der Waals surface area contributed by atoms with Gasteiger partial charge in [-0.05, 0) is 31.5 Å². The van der Waals surface area contributed by atoms with E-state index in [4.69, 9.17) is 4.74 Å². The Morgan fingerprint density at radius 1 is 1.26 bits per heavy atom. The van der Waals surface area contributed by atoms with E-state index in [1.54, 1.807) is 24.5 Å². The van der Waals surface area contributed by atoms with Crippen LogP contribution < -0.4 is 15.5 Å². The van der Waals surface area contributed by atoms with Gasteiger partial charge >= 0.3 is 0 Å². The highest BCUT2D eigenvalue weighted by atomic mass is 32.1. The number of anilines is 1. The van der Waals surface area contributed by atoms with Crippen LogP contribution in [0.2, 0.25) is 0 Å². The third-order valence-corrected chi connectivity index (χ3v) is 5.54. The Bertz CT molecular complexity index is 801. The van der Waals surface area contributed by atoms with E-state index in [2.05, 4.69) is 20.6 Å². The molecule has 1 aliphatic heterocycles. The zero-order valence-corrected chi connectivity index (χ0v) is 16.8. The van der Waals surface area contributed by atoms with Crippen molar-refractivity contribution in [2.24, 2.45) is 4.99 Å². The summed E-state index contributed by atoms with van der Waals surface area (Å²) >= 11 is 1.68. The fraction of sp³-hybridized carbons (Fsp3) is 0.474. The predicted octanol–water partition coefficient (Wildman–Crippen LogP) is 2.60. The Balaban J connectivity index is 1.54. The Kier molecular flexibility index (Phi) is 6.63. The van der Waals surface area contributed by atoms with Crippen molar-refractivity contribution in [3.05, 3.63) is 45.2 Å². The summed E-state index contributed by atoms with van der Waals surface area (Å²) in [6.45, 7) is 7.91. The molecule has 0 radical (unpaired) electrons. The number of nitrogens with one attached hydrogen (secondary N) is 2. The first-order valence-corrected chi connectivity index (χ1v) is 9.87. The number of rotatable bonds is 5. The van der Waals surface area contributed by atoms with Crippen molar-refractivity contribution >= 4 is 23.0 Å². The van der Waals surface area contributed by atoms with Crippen molar-refractivity contribution in [2.45, 2.75) is 26.9 Å². The minimum absolute atomic E-state index is 0.199. The highest BCUT2D eigenvalue weighted by Crippen LogP contribution is 2.21. The summed E-state index contributed by atoms with van der Waals surface area (Å²) in [5.74, 6) is 0.480. The van der Waals surface area contributed by atoms with Crippen LogP contribution in [0.25, 0.3) is 0 Å². The van der Waals surface area contributed by atoms with E-state index in [9.17, 15) is 4.39 Å². The summed E-state index contributed by atoms with van der Waals surface area (Å²) in [6, 6.07) is 5.38. The molecule has 27 heavy (non-hydrogen) atoms. The maximum Gasteiger partial charge on any atom is 0.191 e. The molecular formula is C19H26FN5OS. The summed E-state index contributed by atoms with van der Waals surface area (Å²) in [7, 11) is 1.72. The molecule has 0 unspecified atom stereocenters. The number of aromatic nitrogens is 1. The molecular weight excluding hydrogens is 365 g/mol. The number of hydrogen-bond donors (Lipinski definition) is 2. The second kappa shape index (κ2) is 9.14. The van der Waals surface area contributed by atoms with E-state index < -0.39 is 0 Å². The molecule has 8 heteroatoms. The van der Waals surface area contributed by atoms with Crippen LogP contribution in [-0.2, 0) is 17.8 Å². The van der Waals surface area contributed by atoms with Gasteiger partial charge in [0.15, 0.2) is 5.96 Å². The molecule has 6 nitrogen and oxygen atoms in total. The third-order valence-electron chi connectivity index (χ3n) is 4.46. The average Bonchev–Trinajstić information content (AvgIpc) is 3.00. The van der Waals surface area contributed by atoms with Gasteiger partial charge in [0.1, 0.15) is 5.82 Å². The number of nitrogens with zero attached hydrogens (tertiary/aromatic N) is 3. The van der Waals surface area contributed by atoms with E-state index in [0.717, 1.165) is 29.4 Å². The fourth-order valence-corrected chi connectivity index (χ4v) is 3.91. The van der Waals surface area contributed by atoms with E-state index in [1.165, 1.54) is 4.88 Å². The van der Waals surface area contributed by atoms with E-state index >= 15 is 0 Å². The largest absolute Gasteiger partial charge is 0.378 e. The first kappa shape index (κ1) is 19.6. The van der Waals surface area contributed by atoms with Crippen molar-refractivity contribution in [1.82, 2.24) is 15.6 Å². The Morgan fingerprint density at radius 2 is 2.00 bits per heavy atom. The monoisotopic (exact) mass is 391 g/mol. The molecule has 2 heterocycles. The van der Waals surface area contributed by atoms with E-state index in [-0.39, 0.29) is 5.82 Å². The topological polar surface area (TPSA) is 61.8 Å². The maximum absolute atomic E-state index is 14.5. The van der Waals surface area contributed by atoms with Gasteiger partial charge in [-0.3, -0.25) is 4.99 Å². The van der Waals surface area contributed by atoms with Gasteiger partial charge in [0.05, 0.1) is 36.1 Å². The molecule has 146 valence electrons. The minimum Gasteiger partial charge on any atom is -0.378 e. The van der Waals surface area contributed by atoms with Crippen molar-refractivity contribution in [3.8, 4) is 0 Å². The van der Waals surface area contributed by atoms with Crippen LogP contribution in [0.4, 0.5) is 10.1 Å². The molecule has 0 bridgehead atoms. The van der Waals surface area contributed by atoms with Crippen molar-refractivity contribution in [2.75, 3.05) is 38.3 Å². The summed E-state index contributed by atoms with van der Waals surface area (Å²) in [5, 5.41) is 7.57. The lowest BCUT2D eigenvalue weighted by Crippen LogP contribution is -2.37. The van der Waals surface area contributed by atoms with Crippen LogP contribution in [-0.4, -0.2) is 44.3 Å². The Hall–Kier alpha value is -2.19. The molecule has 3 rings (SSSR count). The Labute approximate surface area is 163 Å². The first-order valence-electron chi connectivity index (χ1n) is 9.05. The summed E-state index contributed by atoms with van der Waals surface area (Å²) in [6.07, 6.45) is 0. The number of aliphatic imine (C=N–C) groups is 1. The second-order valence-corrected chi connectivity index (χ2v) is 7.69. The molecule has 0 atom stereocenters. The number of aryl methyl sites for hydroxylation is 2. The normalized spacial score (nSPS) is 15.1. The van der Waals surface area contributed by atoms with Crippen LogP contribution in [0.5, 0.6) is 0 Å². The SMILES string of the molecule is CN=C(NCc1ccc(N2CCOCC2)c(F)c1)NCc1sc(C)nc1C. The minimum atomic E-state index is -0.199. The van der Waals surface area contributed by atoms with Gasteiger partial charge in [0.2, 0.25) is 0 Å². The lowest BCUT2D eigenvalue weighted by Gasteiger charge is -2.29.